The SMILES string of the molecule is Cc1ccccc1-c1cnn(C(C)(C)C(=O)N2CCN(Cc3ccccc3)CC2)c1. The van der Waals surface area contributed by atoms with Crippen LogP contribution in [0.1, 0.15) is 25.0 Å². The number of aryl methyl sites for hydroxylation is 1. The molecule has 5 nitrogen and oxygen atoms in total. The Hall–Kier alpha value is -2.92. The summed E-state index contributed by atoms with van der Waals surface area (Å²) in [6.07, 6.45) is 3.85. The highest BCUT2D eigenvalue weighted by Crippen LogP contribution is 2.26. The molecule has 1 aliphatic rings. The van der Waals surface area contributed by atoms with Crippen LogP contribution in [0.3, 0.4) is 0 Å². The van der Waals surface area contributed by atoms with Gasteiger partial charge in [0.2, 0.25) is 5.91 Å². The van der Waals surface area contributed by atoms with Crippen LogP contribution >= 0.6 is 0 Å². The second-order valence-electron chi connectivity index (χ2n) is 8.60. The highest BCUT2D eigenvalue weighted by Gasteiger charge is 2.36. The molecule has 2 heterocycles. The zero-order valence-corrected chi connectivity index (χ0v) is 18.1. The van der Waals surface area contributed by atoms with Crippen molar-refractivity contribution < 1.29 is 4.79 Å². The Morgan fingerprint density at radius 1 is 0.967 bits per heavy atom. The third kappa shape index (κ3) is 4.17. The van der Waals surface area contributed by atoms with E-state index in [-0.39, 0.29) is 5.91 Å². The van der Waals surface area contributed by atoms with Gasteiger partial charge in [-0.15, -0.1) is 0 Å². The van der Waals surface area contributed by atoms with Crippen LogP contribution in [0, 0.1) is 6.92 Å². The maximum Gasteiger partial charge on any atom is 0.250 e. The van der Waals surface area contributed by atoms with E-state index in [2.05, 4.69) is 53.3 Å². The molecule has 3 aromatic rings. The average Bonchev–Trinajstić information content (AvgIpc) is 3.26. The highest BCUT2D eigenvalue weighted by molar-refractivity contribution is 5.84. The van der Waals surface area contributed by atoms with Crippen molar-refractivity contribution in [2.75, 3.05) is 26.2 Å². The minimum Gasteiger partial charge on any atom is -0.338 e. The molecule has 0 bridgehead atoms. The minimum absolute atomic E-state index is 0.126. The van der Waals surface area contributed by atoms with E-state index < -0.39 is 5.54 Å². The Labute approximate surface area is 178 Å². The van der Waals surface area contributed by atoms with Crippen LogP contribution in [-0.4, -0.2) is 51.7 Å². The first-order valence-corrected chi connectivity index (χ1v) is 10.6. The normalized spacial score (nSPS) is 15.4. The number of amides is 1. The average molecular weight is 403 g/mol. The predicted molar refractivity (Wildman–Crippen MR) is 120 cm³/mol. The zero-order chi connectivity index (χ0) is 21.1. The fourth-order valence-corrected chi connectivity index (χ4v) is 4.10. The quantitative estimate of drug-likeness (QED) is 0.649. The second kappa shape index (κ2) is 8.44. The molecule has 1 saturated heterocycles. The van der Waals surface area contributed by atoms with Crippen LogP contribution in [0.5, 0.6) is 0 Å². The summed E-state index contributed by atoms with van der Waals surface area (Å²) >= 11 is 0. The molecule has 1 aromatic heterocycles. The third-order valence-electron chi connectivity index (χ3n) is 6.04. The van der Waals surface area contributed by atoms with Gasteiger partial charge >= 0.3 is 0 Å². The lowest BCUT2D eigenvalue weighted by Gasteiger charge is -2.38. The number of benzene rings is 2. The number of nitrogens with zero attached hydrogens (tertiary/aromatic N) is 4. The second-order valence-corrected chi connectivity index (χ2v) is 8.60. The van der Waals surface area contributed by atoms with Crippen molar-refractivity contribution in [2.45, 2.75) is 32.9 Å². The van der Waals surface area contributed by atoms with E-state index in [0.29, 0.717) is 0 Å². The van der Waals surface area contributed by atoms with Crippen molar-refractivity contribution in [1.29, 1.82) is 0 Å². The van der Waals surface area contributed by atoms with Crippen LogP contribution in [0.25, 0.3) is 11.1 Å². The van der Waals surface area contributed by atoms with Gasteiger partial charge < -0.3 is 4.90 Å². The number of carbonyl (C=O) groups excluding carboxylic acids is 1. The first kappa shape index (κ1) is 20.4. The lowest BCUT2D eigenvalue weighted by molar-refractivity contribution is -0.141. The number of piperazine rings is 1. The molecule has 30 heavy (non-hydrogen) atoms. The first-order chi connectivity index (χ1) is 14.4. The number of aromatic nitrogens is 2. The third-order valence-corrected chi connectivity index (χ3v) is 6.04. The summed E-state index contributed by atoms with van der Waals surface area (Å²) in [4.78, 5) is 17.7. The van der Waals surface area contributed by atoms with Crippen LogP contribution in [0.4, 0.5) is 0 Å². The van der Waals surface area contributed by atoms with Crippen molar-refractivity contribution in [3.05, 3.63) is 78.1 Å². The van der Waals surface area contributed by atoms with E-state index in [0.717, 1.165) is 43.9 Å². The minimum atomic E-state index is -0.720. The lowest BCUT2D eigenvalue weighted by atomic mass is 10.0. The molecule has 156 valence electrons. The van der Waals surface area contributed by atoms with E-state index in [4.69, 9.17) is 0 Å². The molecule has 0 saturated carbocycles. The van der Waals surface area contributed by atoms with Crippen molar-refractivity contribution in [3.8, 4) is 11.1 Å². The van der Waals surface area contributed by atoms with Gasteiger partial charge in [0.1, 0.15) is 5.54 Å². The molecule has 1 aliphatic heterocycles. The molecular weight excluding hydrogens is 372 g/mol. The predicted octanol–water partition coefficient (Wildman–Crippen LogP) is 3.94. The largest absolute Gasteiger partial charge is 0.338 e. The first-order valence-electron chi connectivity index (χ1n) is 10.6. The summed E-state index contributed by atoms with van der Waals surface area (Å²) in [5.41, 5.74) is 4.00. The van der Waals surface area contributed by atoms with Crippen molar-refractivity contribution in [1.82, 2.24) is 19.6 Å². The van der Waals surface area contributed by atoms with Gasteiger partial charge in [-0.3, -0.25) is 14.4 Å². The van der Waals surface area contributed by atoms with Gasteiger partial charge in [-0.2, -0.15) is 5.10 Å². The molecule has 0 unspecified atom stereocenters. The Kier molecular flexibility index (Phi) is 5.73. The van der Waals surface area contributed by atoms with Crippen molar-refractivity contribution in [3.63, 3.8) is 0 Å². The number of hydrogen-bond acceptors (Lipinski definition) is 3. The molecule has 0 atom stereocenters. The fraction of sp³-hybridized carbons (Fsp3) is 0.360. The van der Waals surface area contributed by atoms with Gasteiger partial charge in [0.15, 0.2) is 0 Å². The van der Waals surface area contributed by atoms with Gasteiger partial charge in [-0.25, -0.2) is 0 Å². The smallest absolute Gasteiger partial charge is 0.250 e. The zero-order valence-electron chi connectivity index (χ0n) is 18.1. The molecule has 5 heteroatoms. The van der Waals surface area contributed by atoms with Crippen LogP contribution in [-0.2, 0) is 16.9 Å². The summed E-state index contributed by atoms with van der Waals surface area (Å²) in [5, 5.41) is 4.55. The van der Waals surface area contributed by atoms with Crippen molar-refractivity contribution >= 4 is 5.91 Å². The summed E-state index contributed by atoms with van der Waals surface area (Å²) < 4.78 is 1.81. The van der Waals surface area contributed by atoms with E-state index in [1.807, 2.05) is 54.0 Å². The summed E-state index contributed by atoms with van der Waals surface area (Å²) in [7, 11) is 0. The van der Waals surface area contributed by atoms with E-state index in [9.17, 15) is 4.79 Å². The Morgan fingerprint density at radius 2 is 1.63 bits per heavy atom. The summed E-state index contributed by atoms with van der Waals surface area (Å²) in [6, 6.07) is 18.8. The number of hydrogen-bond donors (Lipinski definition) is 0. The number of rotatable bonds is 5. The van der Waals surface area contributed by atoms with E-state index in [1.165, 1.54) is 11.1 Å². The van der Waals surface area contributed by atoms with Gasteiger partial charge in [0.25, 0.3) is 0 Å². The standard InChI is InChI=1S/C25H30N4O/c1-20-9-7-8-12-23(20)22-17-26-29(19-22)25(2,3)24(30)28-15-13-27(14-16-28)18-21-10-5-4-6-11-21/h4-12,17,19H,13-16,18H2,1-3H3. The molecule has 1 fully saturated rings. The van der Waals surface area contributed by atoms with Gasteiger partial charge in [-0.05, 0) is 37.5 Å². The van der Waals surface area contributed by atoms with Crippen LogP contribution in [0.2, 0.25) is 0 Å². The summed E-state index contributed by atoms with van der Waals surface area (Å²) in [6.45, 7) is 10.2. The summed E-state index contributed by atoms with van der Waals surface area (Å²) in [5.74, 6) is 0.126. The van der Waals surface area contributed by atoms with E-state index >= 15 is 0 Å². The maximum absolute atomic E-state index is 13.3. The molecule has 1 amide bonds. The van der Waals surface area contributed by atoms with Gasteiger partial charge in [-0.1, -0.05) is 54.6 Å². The molecule has 0 aliphatic carbocycles. The van der Waals surface area contributed by atoms with Gasteiger partial charge in [0, 0.05) is 44.5 Å². The molecule has 0 N–H and O–H groups in total. The highest BCUT2D eigenvalue weighted by atomic mass is 16.2. The molecule has 0 radical (unpaired) electrons. The monoisotopic (exact) mass is 402 g/mol. The van der Waals surface area contributed by atoms with Gasteiger partial charge in [0.05, 0.1) is 6.20 Å². The lowest BCUT2D eigenvalue weighted by Crippen LogP contribution is -2.54. The molecular formula is C25H30N4O. The molecule has 0 spiro atoms. The maximum atomic E-state index is 13.3. The van der Waals surface area contributed by atoms with Crippen molar-refractivity contribution in [2.24, 2.45) is 0 Å². The molecule has 4 rings (SSSR count). The van der Waals surface area contributed by atoms with Crippen LogP contribution in [0.15, 0.2) is 67.0 Å². The molecule has 2 aromatic carbocycles. The Bertz CT molecular complexity index is 1000. The van der Waals surface area contributed by atoms with Crippen LogP contribution < -0.4 is 0 Å². The number of carbonyl (C=O) groups is 1. The topological polar surface area (TPSA) is 41.4 Å². The Morgan fingerprint density at radius 3 is 2.33 bits per heavy atom. The Balaban J connectivity index is 1.41. The fourth-order valence-electron chi connectivity index (χ4n) is 4.10. The van der Waals surface area contributed by atoms with E-state index in [1.54, 1.807) is 0 Å².